The van der Waals surface area contributed by atoms with Crippen LogP contribution in [0.1, 0.15) is 5.56 Å². The summed E-state index contributed by atoms with van der Waals surface area (Å²) in [6.07, 6.45) is 1.74. The van der Waals surface area contributed by atoms with Crippen molar-refractivity contribution in [3.8, 4) is 0 Å². The molecule has 0 radical (unpaired) electrons. The zero-order valence-corrected chi connectivity index (χ0v) is 15.2. The second-order valence-electron chi connectivity index (χ2n) is 5.16. The molecule has 0 fully saturated rings. The first-order chi connectivity index (χ1) is 10.4. The first-order valence-electron chi connectivity index (χ1n) is 6.91. The highest BCUT2D eigenvalue weighted by atomic mass is 127. The molecule has 112 valence electrons. The Morgan fingerprint density at radius 3 is 2.50 bits per heavy atom. The van der Waals surface area contributed by atoms with E-state index in [2.05, 4.69) is 4.98 Å². The zero-order chi connectivity index (χ0) is 15.9. The van der Waals surface area contributed by atoms with Crippen LogP contribution < -0.4 is 5.46 Å². The molecule has 0 N–H and O–H groups in total. The molecule has 0 spiro atoms. The van der Waals surface area contributed by atoms with Gasteiger partial charge in [-0.2, -0.15) is 0 Å². The van der Waals surface area contributed by atoms with Gasteiger partial charge in [0.15, 0.2) is 12.9 Å². The monoisotopic (exact) mass is 424 g/mol. The lowest BCUT2D eigenvalue weighted by Crippen LogP contribution is -2.16. The van der Waals surface area contributed by atoms with E-state index in [1.165, 1.54) is 3.97 Å². The summed E-state index contributed by atoms with van der Waals surface area (Å²) in [4.78, 5) is 4.63. The first kappa shape index (κ1) is 15.5. The molecule has 0 aliphatic rings. The van der Waals surface area contributed by atoms with Crippen LogP contribution in [0.3, 0.4) is 0 Å². The number of benzene rings is 1. The highest BCUT2D eigenvalue weighted by molar-refractivity contribution is 14.1. The molecular weight excluding hydrogens is 410 g/mol. The Hall–Kier alpha value is -1.35. The van der Waals surface area contributed by atoms with Gasteiger partial charge in [-0.3, -0.25) is 0 Å². The van der Waals surface area contributed by atoms with Crippen LogP contribution in [0.15, 0.2) is 47.5 Å². The van der Waals surface area contributed by atoms with Crippen molar-refractivity contribution in [3.63, 3.8) is 0 Å². The number of nitrogens with zero attached hydrogens (tertiary/aromatic N) is 2. The van der Waals surface area contributed by atoms with Gasteiger partial charge in [0.1, 0.15) is 0 Å². The summed E-state index contributed by atoms with van der Waals surface area (Å²) >= 11 is 2.04. The van der Waals surface area contributed by atoms with Gasteiger partial charge in [0, 0.05) is 11.6 Å². The predicted molar refractivity (Wildman–Crippen MR) is 98.9 cm³/mol. The number of pyridine rings is 1. The number of aromatic nitrogens is 2. The molecule has 4 nitrogen and oxygen atoms in total. The van der Waals surface area contributed by atoms with Crippen LogP contribution in [0, 0.1) is 10.6 Å². The number of hydrogen-bond donors (Lipinski definition) is 0. The highest BCUT2D eigenvalue weighted by Crippen LogP contribution is 2.25. The van der Waals surface area contributed by atoms with Crippen LogP contribution in [0.4, 0.5) is 0 Å². The van der Waals surface area contributed by atoms with Crippen molar-refractivity contribution in [2.45, 2.75) is 18.6 Å². The van der Waals surface area contributed by atoms with Crippen molar-refractivity contribution in [1.29, 1.82) is 0 Å². The molecule has 7 heteroatoms. The smallest absolute Gasteiger partial charge is 0.238 e. The van der Waals surface area contributed by atoms with E-state index in [9.17, 15) is 8.42 Å². The summed E-state index contributed by atoms with van der Waals surface area (Å²) in [5.41, 5.74) is 2.59. The third kappa shape index (κ3) is 2.56. The highest BCUT2D eigenvalue weighted by Gasteiger charge is 2.22. The summed E-state index contributed by atoms with van der Waals surface area (Å²) in [6, 6.07) is 10.7. The quantitative estimate of drug-likeness (QED) is 0.479. The van der Waals surface area contributed by atoms with Gasteiger partial charge in [-0.15, -0.1) is 0 Å². The van der Waals surface area contributed by atoms with E-state index in [0.29, 0.717) is 9.35 Å². The van der Waals surface area contributed by atoms with Crippen LogP contribution in [0.2, 0.25) is 6.82 Å². The minimum atomic E-state index is -3.64. The van der Waals surface area contributed by atoms with Gasteiger partial charge in [0.05, 0.1) is 8.60 Å². The SMILES string of the molecule is CBc1cnc2c(c1)cc(I)n2S(=O)(=O)c1ccc(C)cc1. The average molecular weight is 424 g/mol. The lowest BCUT2D eigenvalue weighted by atomic mass is 9.74. The van der Waals surface area contributed by atoms with Gasteiger partial charge in [0.2, 0.25) is 0 Å². The topological polar surface area (TPSA) is 52.0 Å². The molecule has 22 heavy (non-hydrogen) atoms. The van der Waals surface area contributed by atoms with E-state index in [1.807, 2.05) is 48.5 Å². The second kappa shape index (κ2) is 5.70. The summed E-state index contributed by atoms with van der Waals surface area (Å²) in [5.74, 6) is 0. The maximum absolute atomic E-state index is 12.9. The van der Waals surface area contributed by atoms with E-state index >= 15 is 0 Å². The lowest BCUT2D eigenvalue weighted by molar-refractivity contribution is 0.588. The number of halogens is 1. The molecule has 0 aliphatic heterocycles. The molecule has 0 saturated carbocycles. The van der Waals surface area contributed by atoms with Gasteiger partial charge in [0.25, 0.3) is 10.0 Å². The molecule has 3 aromatic rings. The summed E-state index contributed by atoms with van der Waals surface area (Å²) in [6.45, 7) is 3.98. The Morgan fingerprint density at radius 2 is 1.86 bits per heavy atom. The Labute approximate surface area is 144 Å². The minimum absolute atomic E-state index is 0.273. The molecule has 0 saturated heterocycles. The Balaban J connectivity index is 2.24. The van der Waals surface area contributed by atoms with Crippen LogP contribution >= 0.6 is 22.6 Å². The van der Waals surface area contributed by atoms with Crippen LogP contribution in [-0.4, -0.2) is 24.7 Å². The van der Waals surface area contributed by atoms with Crippen molar-refractivity contribution < 1.29 is 8.42 Å². The normalized spacial score (nSPS) is 11.8. The third-order valence-electron chi connectivity index (χ3n) is 3.58. The van der Waals surface area contributed by atoms with Crippen molar-refractivity contribution in [1.82, 2.24) is 8.96 Å². The van der Waals surface area contributed by atoms with E-state index in [0.717, 1.165) is 23.7 Å². The van der Waals surface area contributed by atoms with Crippen molar-refractivity contribution in [2.75, 3.05) is 0 Å². The van der Waals surface area contributed by atoms with Crippen molar-refractivity contribution in [2.24, 2.45) is 0 Å². The predicted octanol–water partition coefficient (Wildman–Crippen LogP) is 2.30. The number of aryl methyl sites for hydroxylation is 1. The molecule has 0 unspecified atom stereocenters. The second-order valence-corrected chi connectivity index (χ2v) is 8.05. The number of rotatable bonds is 3. The summed E-state index contributed by atoms with van der Waals surface area (Å²) in [7, 11) is -2.77. The molecule has 3 rings (SSSR count). The van der Waals surface area contributed by atoms with Gasteiger partial charge in [-0.25, -0.2) is 17.4 Å². The lowest BCUT2D eigenvalue weighted by Gasteiger charge is -2.09. The number of fused-ring (bicyclic) bond motifs is 1. The molecule has 2 heterocycles. The largest absolute Gasteiger partial charge is 0.270 e. The van der Waals surface area contributed by atoms with Gasteiger partial charge >= 0.3 is 0 Å². The van der Waals surface area contributed by atoms with E-state index in [1.54, 1.807) is 30.5 Å². The Morgan fingerprint density at radius 1 is 1.18 bits per heavy atom. The summed E-state index contributed by atoms with van der Waals surface area (Å²) < 4.78 is 27.8. The van der Waals surface area contributed by atoms with Gasteiger partial charge in [-0.1, -0.05) is 36.0 Å². The molecule has 0 amide bonds. The zero-order valence-electron chi connectivity index (χ0n) is 12.2. The van der Waals surface area contributed by atoms with Gasteiger partial charge < -0.3 is 0 Å². The van der Waals surface area contributed by atoms with E-state index in [4.69, 9.17) is 0 Å². The first-order valence-corrected chi connectivity index (χ1v) is 9.43. The minimum Gasteiger partial charge on any atom is -0.238 e. The van der Waals surface area contributed by atoms with Crippen molar-refractivity contribution >= 4 is 56.4 Å². The maximum Gasteiger partial charge on any atom is 0.270 e. The molecule has 2 aromatic heterocycles. The molecule has 0 aliphatic carbocycles. The van der Waals surface area contributed by atoms with Crippen LogP contribution in [0.5, 0.6) is 0 Å². The number of hydrogen-bond acceptors (Lipinski definition) is 3. The van der Waals surface area contributed by atoms with Crippen LogP contribution in [0.25, 0.3) is 11.0 Å². The fourth-order valence-electron chi connectivity index (χ4n) is 2.32. The fraction of sp³-hybridized carbons (Fsp3) is 0.133. The maximum atomic E-state index is 12.9. The summed E-state index contributed by atoms with van der Waals surface area (Å²) in [5, 5.41) is 0.847. The van der Waals surface area contributed by atoms with Crippen LogP contribution in [-0.2, 0) is 10.0 Å². The molecular formula is C15H14BIN2O2S. The Kier molecular flexibility index (Phi) is 4.02. The third-order valence-corrected chi connectivity index (χ3v) is 6.42. The molecule has 0 atom stereocenters. The molecule has 0 bridgehead atoms. The Bertz CT molecular complexity index is 950. The van der Waals surface area contributed by atoms with Gasteiger partial charge in [-0.05, 0) is 47.7 Å². The van der Waals surface area contributed by atoms with E-state index < -0.39 is 10.0 Å². The molecule has 1 aromatic carbocycles. The average Bonchev–Trinajstić information content (AvgIpc) is 2.83. The standard InChI is InChI=1S/C15H14BIN2O2S/c1-10-3-5-13(6-4-10)22(20,21)19-14(17)8-11-7-12(16-2)9-18-15(11)19/h3-9,16H,1-2H3. The fourth-order valence-corrected chi connectivity index (χ4v) is 5.02. The van der Waals surface area contributed by atoms with Crippen molar-refractivity contribution in [3.05, 3.63) is 51.9 Å². The van der Waals surface area contributed by atoms with E-state index in [-0.39, 0.29) is 4.90 Å².